The zero-order valence-electron chi connectivity index (χ0n) is 14.7. The number of halogens is 1. The zero-order chi connectivity index (χ0) is 19.1. The fraction of sp³-hybridized carbons (Fsp3) is 0.150. The van der Waals surface area contributed by atoms with Crippen molar-refractivity contribution < 1.29 is 13.9 Å². The predicted molar refractivity (Wildman–Crippen MR) is 100.0 cm³/mol. The molecule has 7 heteroatoms. The smallest absolute Gasteiger partial charge is 0.280 e. The molecule has 0 aliphatic rings. The number of benzene rings is 2. The summed E-state index contributed by atoms with van der Waals surface area (Å²) in [5.41, 5.74) is 4.26. The molecule has 1 atom stereocenters. The SMILES string of the molecule is C[C@H](Oc1ccccc1F)C(=O)N/N=C\c1cnn(Cc2ccccc2)c1. The molecule has 0 saturated carbocycles. The number of hydrogen-bond donors (Lipinski definition) is 1. The van der Waals surface area contributed by atoms with E-state index in [2.05, 4.69) is 15.6 Å². The Hall–Kier alpha value is -3.48. The molecule has 3 aromatic rings. The molecule has 0 aliphatic carbocycles. The molecule has 0 unspecified atom stereocenters. The van der Waals surface area contributed by atoms with Gasteiger partial charge in [0.15, 0.2) is 17.7 Å². The number of nitrogens with zero attached hydrogens (tertiary/aromatic N) is 3. The maximum Gasteiger partial charge on any atom is 0.280 e. The summed E-state index contributed by atoms with van der Waals surface area (Å²) in [6.45, 7) is 2.17. The number of hydrazone groups is 1. The van der Waals surface area contributed by atoms with Crippen molar-refractivity contribution in [1.82, 2.24) is 15.2 Å². The second-order valence-corrected chi connectivity index (χ2v) is 5.88. The third-order valence-corrected chi connectivity index (χ3v) is 3.74. The Morgan fingerprint density at radius 3 is 2.78 bits per heavy atom. The summed E-state index contributed by atoms with van der Waals surface area (Å²) in [6.07, 6.45) is 4.07. The number of ether oxygens (including phenoxy) is 1. The van der Waals surface area contributed by atoms with Gasteiger partial charge in [-0.05, 0) is 24.6 Å². The fourth-order valence-corrected chi connectivity index (χ4v) is 2.35. The van der Waals surface area contributed by atoms with Crippen LogP contribution in [-0.2, 0) is 11.3 Å². The molecule has 3 rings (SSSR count). The number of para-hydroxylation sites is 1. The van der Waals surface area contributed by atoms with Gasteiger partial charge in [-0.1, -0.05) is 42.5 Å². The summed E-state index contributed by atoms with van der Waals surface area (Å²) >= 11 is 0. The normalized spacial score (nSPS) is 12.1. The van der Waals surface area contributed by atoms with Crippen molar-refractivity contribution in [3.63, 3.8) is 0 Å². The maximum atomic E-state index is 13.5. The van der Waals surface area contributed by atoms with Crippen LogP contribution in [0.2, 0.25) is 0 Å². The molecule has 0 saturated heterocycles. The van der Waals surface area contributed by atoms with Gasteiger partial charge in [-0.25, -0.2) is 9.82 Å². The van der Waals surface area contributed by atoms with E-state index in [0.29, 0.717) is 6.54 Å². The number of nitrogens with one attached hydrogen (secondary N) is 1. The van der Waals surface area contributed by atoms with Crippen molar-refractivity contribution in [2.24, 2.45) is 5.10 Å². The van der Waals surface area contributed by atoms with E-state index in [0.717, 1.165) is 11.1 Å². The molecule has 1 amide bonds. The first-order valence-electron chi connectivity index (χ1n) is 8.42. The second kappa shape index (κ2) is 8.75. The Morgan fingerprint density at radius 1 is 1.26 bits per heavy atom. The van der Waals surface area contributed by atoms with Gasteiger partial charge in [0.25, 0.3) is 5.91 Å². The van der Waals surface area contributed by atoms with Crippen LogP contribution in [-0.4, -0.2) is 28.0 Å². The Balaban J connectivity index is 1.51. The average Bonchev–Trinajstić information content (AvgIpc) is 3.11. The Bertz CT molecular complexity index is 924. The molecular weight excluding hydrogens is 347 g/mol. The first-order chi connectivity index (χ1) is 13.1. The highest BCUT2D eigenvalue weighted by Gasteiger charge is 2.15. The summed E-state index contributed by atoms with van der Waals surface area (Å²) in [5.74, 6) is -0.982. The molecule has 6 nitrogen and oxygen atoms in total. The minimum Gasteiger partial charge on any atom is -0.478 e. The first kappa shape index (κ1) is 18.3. The highest BCUT2D eigenvalue weighted by atomic mass is 19.1. The van der Waals surface area contributed by atoms with Gasteiger partial charge >= 0.3 is 0 Å². The van der Waals surface area contributed by atoms with Crippen LogP contribution < -0.4 is 10.2 Å². The Labute approximate surface area is 156 Å². The predicted octanol–water partition coefficient (Wildman–Crippen LogP) is 2.99. The number of hydrogen-bond acceptors (Lipinski definition) is 4. The summed E-state index contributed by atoms with van der Waals surface area (Å²) in [7, 11) is 0. The van der Waals surface area contributed by atoms with E-state index >= 15 is 0 Å². The third-order valence-electron chi connectivity index (χ3n) is 3.74. The summed E-state index contributed by atoms with van der Waals surface area (Å²) in [5, 5.41) is 8.15. The van der Waals surface area contributed by atoms with E-state index in [1.165, 1.54) is 25.3 Å². The first-order valence-corrected chi connectivity index (χ1v) is 8.42. The molecule has 1 N–H and O–H groups in total. The highest BCUT2D eigenvalue weighted by molar-refractivity contribution is 5.84. The van der Waals surface area contributed by atoms with Crippen molar-refractivity contribution in [2.75, 3.05) is 0 Å². The topological polar surface area (TPSA) is 68.5 Å². The summed E-state index contributed by atoms with van der Waals surface area (Å²) in [4.78, 5) is 12.0. The number of amides is 1. The van der Waals surface area contributed by atoms with Crippen LogP contribution in [0.1, 0.15) is 18.1 Å². The molecule has 0 aliphatic heterocycles. The summed E-state index contributed by atoms with van der Waals surface area (Å²) in [6, 6.07) is 15.9. The molecule has 2 aromatic carbocycles. The number of aromatic nitrogens is 2. The lowest BCUT2D eigenvalue weighted by Crippen LogP contribution is -2.33. The van der Waals surface area contributed by atoms with Crippen LogP contribution in [0.3, 0.4) is 0 Å². The van der Waals surface area contributed by atoms with Crippen LogP contribution in [0.25, 0.3) is 0 Å². The van der Waals surface area contributed by atoms with Gasteiger partial charge in [-0.3, -0.25) is 9.48 Å². The van der Waals surface area contributed by atoms with Crippen molar-refractivity contribution in [3.05, 3.63) is 83.9 Å². The van der Waals surface area contributed by atoms with E-state index in [-0.39, 0.29) is 5.75 Å². The van der Waals surface area contributed by atoms with Gasteiger partial charge in [0, 0.05) is 11.8 Å². The minimum atomic E-state index is -0.889. The minimum absolute atomic E-state index is 0.0197. The number of carbonyl (C=O) groups is 1. The van der Waals surface area contributed by atoms with Gasteiger partial charge in [-0.2, -0.15) is 10.2 Å². The molecule has 0 fully saturated rings. The second-order valence-electron chi connectivity index (χ2n) is 5.88. The molecular formula is C20H19FN4O2. The van der Waals surface area contributed by atoms with E-state index in [1.807, 2.05) is 36.5 Å². The van der Waals surface area contributed by atoms with Crippen LogP contribution in [0.15, 0.2) is 72.1 Å². The lowest BCUT2D eigenvalue weighted by Gasteiger charge is -2.13. The number of rotatable bonds is 7. The molecule has 138 valence electrons. The van der Waals surface area contributed by atoms with Crippen molar-refractivity contribution in [2.45, 2.75) is 19.6 Å². The summed E-state index contributed by atoms with van der Waals surface area (Å²) < 4.78 is 20.6. The fourth-order valence-electron chi connectivity index (χ4n) is 2.35. The quantitative estimate of drug-likeness (QED) is 0.516. The lowest BCUT2D eigenvalue weighted by molar-refractivity contribution is -0.127. The van der Waals surface area contributed by atoms with Gasteiger partial charge in [0.2, 0.25) is 0 Å². The lowest BCUT2D eigenvalue weighted by atomic mass is 10.2. The van der Waals surface area contributed by atoms with Crippen molar-refractivity contribution >= 4 is 12.1 Å². The van der Waals surface area contributed by atoms with Crippen molar-refractivity contribution in [3.8, 4) is 5.75 Å². The van der Waals surface area contributed by atoms with Crippen LogP contribution >= 0.6 is 0 Å². The van der Waals surface area contributed by atoms with Crippen LogP contribution in [0.4, 0.5) is 4.39 Å². The zero-order valence-corrected chi connectivity index (χ0v) is 14.7. The van der Waals surface area contributed by atoms with Crippen LogP contribution in [0.5, 0.6) is 5.75 Å². The largest absolute Gasteiger partial charge is 0.478 e. The Kier molecular flexibility index (Phi) is 5.94. The molecule has 27 heavy (non-hydrogen) atoms. The number of carbonyl (C=O) groups excluding carboxylic acids is 1. The van der Waals surface area contributed by atoms with Gasteiger partial charge in [0.05, 0.1) is 19.0 Å². The van der Waals surface area contributed by atoms with Gasteiger partial charge < -0.3 is 4.74 Å². The Morgan fingerprint density at radius 2 is 2.00 bits per heavy atom. The molecule has 0 radical (unpaired) electrons. The van der Waals surface area contributed by atoms with E-state index in [4.69, 9.17) is 4.74 Å². The van der Waals surface area contributed by atoms with Gasteiger partial charge in [-0.15, -0.1) is 0 Å². The molecule has 1 aromatic heterocycles. The van der Waals surface area contributed by atoms with E-state index in [1.54, 1.807) is 23.0 Å². The van der Waals surface area contributed by atoms with E-state index in [9.17, 15) is 9.18 Å². The molecule has 0 spiro atoms. The highest BCUT2D eigenvalue weighted by Crippen LogP contribution is 2.16. The van der Waals surface area contributed by atoms with Crippen molar-refractivity contribution in [1.29, 1.82) is 0 Å². The molecule has 0 bridgehead atoms. The van der Waals surface area contributed by atoms with Crippen LogP contribution in [0, 0.1) is 5.82 Å². The van der Waals surface area contributed by atoms with Gasteiger partial charge in [0.1, 0.15) is 0 Å². The average molecular weight is 366 g/mol. The monoisotopic (exact) mass is 366 g/mol. The third kappa shape index (κ3) is 5.24. The maximum absolute atomic E-state index is 13.5. The standard InChI is InChI=1S/C20H19FN4O2/c1-15(27-19-10-6-5-9-18(19)21)20(26)24-22-11-17-12-23-25(14-17)13-16-7-3-2-4-8-16/h2-12,14-15H,13H2,1H3,(H,24,26)/b22-11-/t15-/m0/s1. The molecule has 1 heterocycles. The van der Waals surface area contributed by atoms with E-state index < -0.39 is 17.8 Å².